The minimum absolute atomic E-state index is 0.0451. The Morgan fingerprint density at radius 1 is 1.00 bits per heavy atom. The summed E-state index contributed by atoms with van der Waals surface area (Å²) in [7, 11) is -3.52. The minimum atomic E-state index is -3.52. The molecule has 0 aliphatic carbocycles. The highest BCUT2D eigenvalue weighted by Crippen LogP contribution is 2.55. The molecule has 91 valence electrons. The fourth-order valence-corrected chi connectivity index (χ4v) is 2.56. The Hall–Kier alpha value is 0.110. The lowest BCUT2D eigenvalue weighted by Crippen LogP contribution is -2.24. The van der Waals surface area contributed by atoms with Gasteiger partial charge in [-0.15, -0.1) is 0 Å². The van der Waals surface area contributed by atoms with Gasteiger partial charge in [0.15, 0.2) is 0 Å². The van der Waals surface area contributed by atoms with E-state index in [-0.39, 0.29) is 6.61 Å². The van der Waals surface area contributed by atoms with E-state index in [2.05, 4.69) is 6.92 Å². The molecule has 0 aromatic heterocycles. The molecule has 0 aliphatic heterocycles. The third-order valence-corrected chi connectivity index (χ3v) is 3.06. The Labute approximate surface area is 92.9 Å². The molecular weight excluding hydrogens is 215 g/mol. The van der Waals surface area contributed by atoms with Crippen LogP contribution in [0.25, 0.3) is 0 Å². The van der Waals surface area contributed by atoms with E-state index >= 15 is 0 Å². The summed E-state index contributed by atoms with van der Waals surface area (Å²) >= 11 is 0. The number of phosphoric ester groups is 1. The molecule has 0 unspecified atom stereocenters. The molecule has 0 fully saturated rings. The molecule has 5 heteroatoms. The third kappa shape index (κ3) is 7.97. The Balaban J connectivity index is 4.68. The molecule has 1 radical (unpaired) electrons. The van der Waals surface area contributed by atoms with E-state index in [0.717, 1.165) is 0 Å². The van der Waals surface area contributed by atoms with E-state index in [4.69, 9.17) is 13.6 Å². The van der Waals surface area contributed by atoms with Crippen LogP contribution >= 0.6 is 7.82 Å². The Kier molecular flexibility index (Phi) is 5.00. The van der Waals surface area contributed by atoms with Crippen LogP contribution in [0.5, 0.6) is 0 Å². The van der Waals surface area contributed by atoms with Gasteiger partial charge < -0.3 is 0 Å². The largest absolute Gasteiger partial charge is 0.475 e. The van der Waals surface area contributed by atoms with Gasteiger partial charge in [-0.3, -0.25) is 13.6 Å². The first-order valence-corrected chi connectivity index (χ1v) is 6.39. The summed E-state index contributed by atoms with van der Waals surface area (Å²) in [5, 5.41) is 0. The van der Waals surface area contributed by atoms with Crippen molar-refractivity contribution in [3.05, 3.63) is 6.92 Å². The Morgan fingerprint density at radius 3 is 1.53 bits per heavy atom. The molecule has 0 rings (SSSR count). The van der Waals surface area contributed by atoms with E-state index in [1.807, 2.05) is 0 Å². The monoisotopic (exact) mass is 237 g/mol. The van der Waals surface area contributed by atoms with Crippen molar-refractivity contribution in [3.63, 3.8) is 0 Å². The van der Waals surface area contributed by atoms with Gasteiger partial charge in [0, 0.05) is 0 Å². The number of rotatable bonds is 4. The normalized spacial score (nSPS) is 14.3. The summed E-state index contributed by atoms with van der Waals surface area (Å²) < 4.78 is 27.7. The molecular formula is C10H22O4P. The van der Waals surface area contributed by atoms with Crippen molar-refractivity contribution in [2.75, 3.05) is 6.61 Å². The second-order valence-electron chi connectivity index (χ2n) is 5.19. The Bertz CT molecular complexity index is 217. The summed E-state index contributed by atoms with van der Waals surface area (Å²) in [6.45, 7) is 14.3. The molecule has 0 aliphatic rings. The maximum atomic E-state index is 12.1. The number of hydrogen-bond donors (Lipinski definition) is 0. The van der Waals surface area contributed by atoms with E-state index in [1.165, 1.54) is 0 Å². The van der Waals surface area contributed by atoms with Crippen LogP contribution in [-0.2, 0) is 18.1 Å². The van der Waals surface area contributed by atoms with Crippen LogP contribution in [0.1, 0.15) is 41.5 Å². The maximum absolute atomic E-state index is 12.1. The van der Waals surface area contributed by atoms with Gasteiger partial charge in [0.05, 0.1) is 17.8 Å². The van der Waals surface area contributed by atoms with Crippen molar-refractivity contribution < 1.29 is 18.1 Å². The first-order chi connectivity index (χ1) is 6.47. The summed E-state index contributed by atoms with van der Waals surface area (Å²) in [6, 6.07) is 0. The molecule has 0 spiro atoms. The third-order valence-electron chi connectivity index (χ3n) is 1.02. The lowest BCUT2D eigenvalue weighted by Gasteiger charge is -2.30. The summed E-state index contributed by atoms with van der Waals surface area (Å²) in [5.41, 5.74) is -1.17. The SMILES string of the molecule is [CH2]COP(=O)(OC(C)(C)C)OC(C)(C)C. The number of hydrogen-bond acceptors (Lipinski definition) is 4. The first-order valence-electron chi connectivity index (χ1n) is 4.93. The first kappa shape index (κ1) is 15.1. The van der Waals surface area contributed by atoms with Crippen molar-refractivity contribution in [1.29, 1.82) is 0 Å². The van der Waals surface area contributed by atoms with Crippen LogP contribution in [0, 0.1) is 6.92 Å². The van der Waals surface area contributed by atoms with Crippen molar-refractivity contribution in [3.8, 4) is 0 Å². The topological polar surface area (TPSA) is 44.8 Å². The van der Waals surface area contributed by atoms with Gasteiger partial charge in [-0.05, 0) is 48.5 Å². The predicted octanol–water partition coefficient (Wildman–Crippen LogP) is 3.58. The van der Waals surface area contributed by atoms with Crippen LogP contribution in [0.4, 0.5) is 0 Å². The van der Waals surface area contributed by atoms with Crippen molar-refractivity contribution in [1.82, 2.24) is 0 Å². The molecule has 15 heavy (non-hydrogen) atoms. The fourth-order valence-electron chi connectivity index (χ4n) is 0.854. The molecule has 0 amide bonds. The van der Waals surface area contributed by atoms with Gasteiger partial charge >= 0.3 is 7.82 Å². The molecule has 4 nitrogen and oxygen atoms in total. The van der Waals surface area contributed by atoms with E-state index < -0.39 is 19.0 Å². The average Bonchev–Trinajstić information content (AvgIpc) is 1.74. The molecule has 0 atom stereocenters. The molecule has 0 bridgehead atoms. The second-order valence-corrected chi connectivity index (χ2v) is 6.71. The maximum Gasteiger partial charge on any atom is 0.475 e. The van der Waals surface area contributed by atoms with Crippen molar-refractivity contribution >= 4 is 7.82 Å². The smallest absolute Gasteiger partial charge is 0.287 e. The zero-order chi connectivity index (χ0) is 12.3. The number of phosphoric acid groups is 1. The summed E-state index contributed by atoms with van der Waals surface area (Å²) in [6.07, 6.45) is 0. The highest BCUT2D eigenvalue weighted by molar-refractivity contribution is 7.48. The van der Waals surface area contributed by atoms with E-state index in [1.54, 1.807) is 41.5 Å². The van der Waals surface area contributed by atoms with Crippen LogP contribution in [0.2, 0.25) is 0 Å². The van der Waals surface area contributed by atoms with E-state index in [9.17, 15) is 4.57 Å². The van der Waals surface area contributed by atoms with Gasteiger partial charge in [0.2, 0.25) is 0 Å². The van der Waals surface area contributed by atoms with Crippen LogP contribution in [0.15, 0.2) is 0 Å². The van der Waals surface area contributed by atoms with Gasteiger partial charge in [-0.2, -0.15) is 0 Å². The zero-order valence-electron chi connectivity index (χ0n) is 10.5. The standard InChI is InChI=1S/C10H22O4P/c1-8-12-15(11,13-9(2,3)4)14-10(5,6)7/h1,8H2,2-7H3. The second kappa shape index (κ2) is 4.96. The summed E-state index contributed by atoms with van der Waals surface area (Å²) in [5.74, 6) is 0. The highest BCUT2D eigenvalue weighted by Gasteiger charge is 2.36. The van der Waals surface area contributed by atoms with Crippen LogP contribution in [-0.4, -0.2) is 17.8 Å². The summed E-state index contributed by atoms with van der Waals surface area (Å²) in [4.78, 5) is 0. The van der Waals surface area contributed by atoms with Gasteiger partial charge in [-0.1, -0.05) is 0 Å². The van der Waals surface area contributed by atoms with Crippen molar-refractivity contribution in [2.45, 2.75) is 52.7 Å². The van der Waals surface area contributed by atoms with Gasteiger partial charge in [0.25, 0.3) is 0 Å². The lowest BCUT2D eigenvalue weighted by molar-refractivity contribution is 0.00657. The minimum Gasteiger partial charge on any atom is -0.287 e. The fraction of sp³-hybridized carbons (Fsp3) is 0.900. The molecule has 0 heterocycles. The lowest BCUT2D eigenvalue weighted by atomic mass is 10.2. The van der Waals surface area contributed by atoms with Crippen molar-refractivity contribution in [2.24, 2.45) is 0 Å². The Morgan fingerprint density at radius 2 is 1.33 bits per heavy atom. The average molecular weight is 237 g/mol. The predicted molar refractivity (Wildman–Crippen MR) is 60.6 cm³/mol. The zero-order valence-corrected chi connectivity index (χ0v) is 11.4. The molecule has 0 N–H and O–H groups in total. The molecule has 0 aromatic rings. The van der Waals surface area contributed by atoms with Gasteiger partial charge in [0.1, 0.15) is 0 Å². The molecule has 0 saturated carbocycles. The van der Waals surface area contributed by atoms with Gasteiger partial charge in [-0.25, -0.2) is 4.57 Å². The molecule has 0 aromatic carbocycles. The van der Waals surface area contributed by atoms with E-state index in [0.29, 0.717) is 0 Å². The molecule has 0 saturated heterocycles. The van der Waals surface area contributed by atoms with Crippen LogP contribution < -0.4 is 0 Å². The quantitative estimate of drug-likeness (QED) is 0.701. The highest BCUT2D eigenvalue weighted by atomic mass is 31.2. The van der Waals surface area contributed by atoms with Crippen LogP contribution in [0.3, 0.4) is 0 Å².